The molecule has 2 aromatic carbocycles. The molecule has 26 heavy (non-hydrogen) atoms. The fourth-order valence-electron chi connectivity index (χ4n) is 2.65. The van der Waals surface area contributed by atoms with Gasteiger partial charge in [0.1, 0.15) is 5.71 Å². The third-order valence-electron chi connectivity index (χ3n) is 3.84. The Morgan fingerprint density at radius 1 is 1.23 bits per heavy atom. The highest BCUT2D eigenvalue weighted by molar-refractivity contribution is 7.13. The summed E-state index contributed by atoms with van der Waals surface area (Å²) in [6.07, 6.45) is 0. The summed E-state index contributed by atoms with van der Waals surface area (Å²) in [5, 5.41) is 16.0. The van der Waals surface area contributed by atoms with Crippen LogP contribution in [0.5, 0.6) is 0 Å². The van der Waals surface area contributed by atoms with Crippen LogP contribution in [0.25, 0.3) is 11.3 Å². The third-order valence-corrected chi connectivity index (χ3v) is 4.51. The molecule has 1 aromatic heterocycles. The molecule has 0 fully saturated rings. The molecule has 0 bridgehead atoms. The minimum Gasteiger partial charge on any atom is -0.375 e. The van der Waals surface area contributed by atoms with E-state index in [1.54, 1.807) is 18.2 Å². The highest BCUT2D eigenvalue weighted by atomic mass is 32.1. The number of carbonyl (C=O) groups is 1. The monoisotopic (exact) mass is 365 g/mol. The number of nitro groups is 1. The first kappa shape index (κ1) is 15.9. The van der Waals surface area contributed by atoms with Gasteiger partial charge in [-0.1, -0.05) is 12.1 Å². The number of fused-ring (bicyclic) bond motifs is 1. The Hall–Kier alpha value is -3.59. The van der Waals surface area contributed by atoms with Crippen molar-refractivity contribution in [2.75, 3.05) is 11.1 Å². The number of rotatable bonds is 3. The van der Waals surface area contributed by atoms with Crippen LogP contribution in [0, 0.1) is 10.1 Å². The van der Waals surface area contributed by atoms with Crippen molar-refractivity contribution >= 4 is 45.1 Å². The van der Waals surface area contributed by atoms with Crippen LogP contribution in [0.15, 0.2) is 52.8 Å². The van der Waals surface area contributed by atoms with Crippen LogP contribution in [0.2, 0.25) is 0 Å². The fraction of sp³-hybridized carbons (Fsp3) is 0. The molecule has 128 valence electrons. The molecule has 9 heteroatoms. The smallest absolute Gasteiger partial charge is 0.275 e. The SMILES string of the molecule is Nc1nc(-c2cccc(N=C3C(=O)Nc4ccc([N+](=O)[O-])cc43)c2)cs1. The van der Waals surface area contributed by atoms with Crippen molar-refractivity contribution in [2.24, 2.45) is 4.99 Å². The maximum absolute atomic E-state index is 12.2. The molecule has 1 aliphatic rings. The average Bonchev–Trinajstić information content (AvgIpc) is 3.18. The average molecular weight is 365 g/mol. The summed E-state index contributed by atoms with van der Waals surface area (Å²) < 4.78 is 0. The van der Waals surface area contributed by atoms with Gasteiger partial charge in [-0.05, 0) is 18.2 Å². The Bertz CT molecular complexity index is 1090. The molecular weight excluding hydrogens is 354 g/mol. The third kappa shape index (κ3) is 2.80. The molecule has 0 atom stereocenters. The number of carbonyl (C=O) groups excluding carboxylic acids is 1. The largest absolute Gasteiger partial charge is 0.375 e. The molecule has 0 radical (unpaired) electrons. The normalized spacial score (nSPS) is 14.3. The standard InChI is InChI=1S/C17H11N5O3S/c18-17-21-14(8-26-17)9-2-1-3-10(6-9)19-15-12-7-11(22(24)25)4-5-13(12)20-16(15)23/h1-8H,(H2,18,21)(H,19,20,23). The number of aliphatic imine (C=N–C) groups is 1. The van der Waals surface area contributed by atoms with E-state index in [0.717, 1.165) is 11.3 Å². The maximum Gasteiger partial charge on any atom is 0.275 e. The molecule has 0 aliphatic carbocycles. The van der Waals surface area contributed by atoms with Gasteiger partial charge in [-0.3, -0.25) is 14.9 Å². The van der Waals surface area contributed by atoms with E-state index < -0.39 is 10.8 Å². The summed E-state index contributed by atoms with van der Waals surface area (Å²) in [6.45, 7) is 0. The van der Waals surface area contributed by atoms with E-state index in [4.69, 9.17) is 5.73 Å². The quantitative estimate of drug-likeness (QED) is 0.544. The van der Waals surface area contributed by atoms with Crippen LogP contribution in [0.3, 0.4) is 0 Å². The van der Waals surface area contributed by atoms with Crippen LogP contribution in [0.1, 0.15) is 5.56 Å². The Labute approximate surface area is 151 Å². The van der Waals surface area contributed by atoms with Crippen molar-refractivity contribution in [3.63, 3.8) is 0 Å². The van der Waals surface area contributed by atoms with Crippen LogP contribution in [0.4, 0.5) is 22.2 Å². The number of aromatic nitrogens is 1. The summed E-state index contributed by atoms with van der Waals surface area (Å²) in [7, 11) is 0. The van der Waals surface area contributed by atoms with E-state index in [1.165, 1.54) is 29.5 Å². The molecule has 3 N–H and O–H groups in total. The number of benzene rings is 2. The minimum atomic E-state index is -0.506. The number of nitro benzene ring substituents is 1. The second-order valence-electron chi connectivity index (χ2n) is 5.52. The number of thiazole rings is 1. The molecule has 2 heterocycles. The minimum absolute atomic E-state index is 0.0975. The van der Waals surface area contributed by atoms with Crippen LogP contribution >= 0.6 is 11.3 Å². The molecule has 3 aromatic rings. The molecule has 0 saturated heterocycles. The molecule has 0 unspecified atom stereocenters. The van der Waals surface area contributed by atoms with E-state index in [-0.39, 0.29) is 11.4 Å². The van der Waals surface area contributed by atoms with E-state index >= 15 is 0 Å². The van der Waals surface area contributed by atoms with Gasteiger partial charge in [-0.25, -0.2) is 9.98 Å². The Kier molecular flexibility index (Phi) is 3.70. The van der Waals surface area contributed by atoms with E-state index in [0.29, 0.717) is 22.1 Å². The number of non-ortho nitro benzene ring substituents is 1. The summed E-state index contributed by atoms with van der Waals surface area (Å²) in [4.78, 5) is 31.4. The van der Waals surface area contributed by atoms with Gasteiger partial charge in [0.2, 0.25) is 0 Å². The van der Waals surface area contributed by atoms with Crippen molar-refractivity contribution < 1.29 is 9.72 Å². The maximum atomic E-state index is 12.2. The lowest BCUT2D eigenvalue weighted by Crippen LogP contribution is -2.13. The van der Waals surface area contributed by atoms with Crippen molar-refractivity contribution in [1.82, 2.24) is 4.98 Å². The number of nitrogen functional groups attached to an aromatic ring is 1. The Balaban J connectivity index is 1.77. The first-order valence-corrected chi connectivity index (χ1v) is 8.39. The first-order valence-electron chi connectivity index (χ1n) is 7.51. The van der Waals surface area contributed by atoms with Gasteiger partial charge in [-0.15, -0.1) is 11.3 Å². The second-order valence-corrected chi connectivity index (χ2v) is 6.41. The lowest BCUT2D eigenvalue weighted by molar-refractivity contribution is -0.384. The van der Waals surface area contributed by atoms with Crippen molar-refractivity contribution in [3.05, 3.63) is 63.5 Å². The van der Waals surface area contributed by atoms with Gasteiger partial charge in [0, 0.05) is 28.6 Å². The molecular formula is C17H11N5O3S. The summed E-state index contributed by atoms with van der Waals surface area (Å²) in [5.74, 6) is -0.399. The molecule has 1 aliphatic heterocycles. The van der Waals surface area contributed by atoms with E-state index in [9.17, 15) is 14.9 Å². The van der Waals surface area contributed by atoms with Gasteiger partial charge in [0.15, 0.2) is 5.13 Å². The predicted molar refractivity (Wildman–Crippen MR) is 99.9 cm³/mol. The lowest BCUT2D eigenvalue weighted by Gasteiger charge is -2.01. The zero-order valence-electron chi connectivity index (χ0n) is 13.2. The zero-order valence-corrected chi connectivity index (χ0v) is 14.0. The fourth-order valence-corrected chi connectivity index (χ4v) is 3.22. The van der Waals surface area contributed by atoms with Gasteiger partial charge in [0.05, 0.1) is 22.0 Å². The lowest BCUT2D eigenvalue weighted by atomic mass is 10.1. The molecule has 4 rings (SSSR count). The second kappa shape index (κ2) is 6.05. The molecule has 8 nitrogen and oxygen atoms in total. The van der Waals surface area contributed by atoms with Crippen molar-refractivity contribution in [3.8, 4) is 11.3 Å². The van der Waals surface area contributed by atoms with Gasteiger partial charge < -0.3 is 11.1 Å². The number of amides is 1. The van der Waals surface area contributed by atoms with Crippen LogP contribution < -0.4 is 11.1 Å². The van der Waals surface area contributed by atoms with Gasteiger partial charge in [-0.2, -0.15) is 0 Å². The van der Waals surface area contributed by atoms with E-state index in [2.05, 4.69) is 15.3 Å². The van der Waals surface area contributed by atoms with E-state index in [1.807, 2.05) is 11.4 Å². The zero-order chi connectivity index (χ0) is 18.3. The summed E-state index contributed by atoms with van der Waals surface area (Å²) in [5.41, 5.74) is 8.70. The Morgan fingerprint density at radius 3 is 2.81 bits per heavy atom. The number of nitrogens with zero attached hydrogens (tertiary/aromatic N) is 3. The Morgan fingerprint density at radius 2 is 2.08 bits per heavy atom. The summed E-state index contributed by atoms with van der Waals surface area (Å²) >= 11 is 1.34. The van der Waals surface area contributed by atoms with Gasteiger partial charge in [0.25, 0.3) is 11.6 Å². The first-order chi connectivity index (χ1) is 12.5. The van der Waals surface area contributed by atoms with Crippen LogP contribution in [-0.2, 0) is 4.79 Å². The number of hydrogen-bond donors (Lipinski definition) is 2. The molecule has 0 saturated carbocycles. The number of anilines is 2. The highest BCUT2D eigenvalue weighted by Crippen LogP contribution is 2.31. The molecule has 1 amide bonds. The highest BCUT2D eigenvalue weighted by Gasteiger charge is 2.28. The van der Waals surface area contributed by atoms with Crippen molar-refractivity contribution in [2.45, 2.75) is 0 Å². The van der Waals surface area contributed by atoms with Gasteiger partial charge >= 0.3 is 0 Å². The topological polar surface area (TPSA) is 124 Å². The number of nitrogens with one attached hydrogen (secondary N) is 1. The number of hydrogen-bond acceptors (Lipinski definition) is 7. The number of nitrogens with two attached hydrogens (primary N) is 1. The van der Waals surface area contributed by atoms with Crippen LogP contribution in [-0.4, -0.2) is 21.5 Å². The predicted octanol–water partition coefficient (Wildman–Crippen LogP) is 3.37. The van der Waals surface area contributed by atoms with Crippen molar-refractivity contribution in [1.29, 1.82) is 0 Å². The molecule has 0 spiro atoms. The summed E-state index contributed by atoms with van der Waals surface area (Å²) in [6, 6.07) is 11.4.